The summed E-state index contributed by atoms with van der Waals surface area (Å²) < 4.78 is 10.4. The summed E-state index contributed by atoms with van der Waals surface area (Å²) in [7, 11) is 1.61. The van der Waals surface area contributed by atoms with Gasteiger partial charge in [-0.05, 0) is 23.3 Å². The van der Waals surface area contributed by atoms with Crippen LogP contribution < -0.4 is 5.32 Å². The van der Waals surface area contributed by atoms with Crippen LogP contribution in [0.4, 0.5) is 0 Å². The molecule has 0 aliphatic heterocycles. The van der Waals surface area contributed by atoms with Crippen LogP contribution in [-0.2, 0) is 4.74 Å². The zero-order valence-electron chi connectivity index (χ0n) is 13.8. The molecule has 0 aliphatic carbocycles. The Morgan fingerprint density at radius 3 is 2.75 bits per heavy atom. The van der Waals surface area contributed by atoms with E-state index < -0.39 is 0 Å². The summed E-state index contributed by atoms with van der Waals surface area (Å²) in [6.07, 6.45) is 0.787. The third-order valence-corrected chi connectivity index (χ3v) is 3.97. The van der Waals surface area contributed by atoms with Crippen LogP contribution in [-0.4, -0.2) is 30.8 Å². The third kappa shape index (κ3) is 3.46. The normalized spacial score (nSPS) is 12.2. The molecule has 0 bridgehead atoms. The van der Waals surface area contributed by atoms with E-state index in [0.29, 0.717) is 12.4 Å². The lowest BCUT2D eigenvalue weighted by Crippen LogP contribution is -2.37. The van der Waals surface area contributed by atoms with Crippen LogP contribution in [0.5, 0.6) is 0 Å². The Balaban J connectivity index is 1.80. The first-order valence-electron chi connectivity index (χ1n) is 7.97. The summed E-state index contributed by atoms with van der Waals surface area (Å²) in [6, 6.07) is 15.7. The zero-order valence-corrected chi connectivity index (χ0v) is 13.8. The second-order valence-corrected chi connectivity index (χ2v) is 5.67. The molecule has 3 rings (SSSR count). The average Bonchev–Trinajstić information content (AvgIpc) is 3.11. The molecule has 5 nitrogen and oxygen atoms in total. The van der Waals surface area contributed by atoms with Crippen LogP contribution in [0.25, 0.3) is 22.1 Å². The summed E-state index contributed by atoms with van der Waals surface area (Å²) in [5.41, 5.74) is 1.16. The molecule has 3 aromatic rings. The van der Waals surface area contributed by atoms with Crippen LogP contribution in [0, 0.1) is 0 Å². The minimum atomic E-state index is -0.255. The van der Waals surface area contributed by atoms with E-state index in [9.17, 15) is 4.79 Å². The largest absolute Gasteiger partial charge is 0.383 e. The number of hydrogen-bond donors (Lipinski definition) is 1. The van der Waals surface area contributed by atoms with Gasteiger partial charge in [0.05, 0.1) is 12.6 Å². The minimum Gasteiger partial charge on any atom is -0.383 e. The van der Waals surface area contributed by atoms with Crippen molar-refractivity contribution in [2.45, 2.75) is 19.4 Å². The standard InChI is InChI=1S/C19H20N2O3/c1-3-16(12-23-2)20-19(22)17-11-18(24-21-17)15-9-8-13-6-4-5-7-14(13)10-15/h4-11,16H,3,12H2,1-2H3,(H,20,22). The molecule has 0 radical (unpaired) electrons. The number of benzene rings is 2. The van der Waals surface area contributed by atoms with E-state index in [1.807, 2.05) is 43.3 Å². The van der Waals surface area contributed by atoms with Gasteiger partial charge in [-0.2, -0.15) is 0 Å². The van der Waals surface area contributed by atoms with Gasteiger partial charge >= 0.3 is 0 Å². The van der Waals surface area contributed by atoms with E-state index in [0.717, 1.165) is 22.8 Å². The molecule has 1 aromatic heterocycles. The van der Waals surface area contributed by atoms with E-state index in [-0.39, 0.29) is 17.6 Å². The van der Waals surface area contributed by atoms with Gasteiger partial charge in [0.1, 0.15) is 0 Å². The molecule has 0 saturated carbocycles. The predicted molar refractivity (Wildman–Crippen MR) is 92.9 cm³/mol. The number of fused-ring (bicyclic) bond motifs is 1. The summed E-state index contributed by atoms with van der Waals surface area (Å²) in [5.74, 6) is 0.320. The second kappa shape index (κ2) is 7.27. The Kier molecular flexibility index (Phi) is 4.91. The summed E-state index contributed by atoms with van der Waals surface area (Å²) >= 11 is 0. The molecule has 0 aliphatic rings. The highest BCUT2D eigenvalue weighted by molar-refractivity contribution is 5.93. The van der Waals surface area contributed by atoms with Gasteiger partial charge in [-0.15, -0.1) is 0 Å². The van der Waals surface area contributed by atoms with Crippen molar-refractivity contribution in [1.82, 2.24) is 10.5 Å². The number of rotatable bonds is 6. The molecule has 24 heavy (non-hydrogen) atoms. The van der Waals surface area contributed by atoms with Crippen molar-refractivity contribution in [3.05, 3.63) is 54.2 Å². The van der Waals surface area contributed by atoms with E-state index in [2.05, 4.69) is 16.5 Å². The minimum absolute atomic E-state index is 0.0386. The van der Waals surface area contributed by atoms with E-state index >= 15 is 0 Å². The first-order valence-corrected chi connectivity index (χ1v) is 7.97. The van der Waals surface area contributed by atoms with E-state index in [1.54, 1.807) is 13.2 Å². The Labute approximate surface area is 140 Å². The van der Waals surface area contributed by atoms with Crippen molar-refractivity contribution < 1.29 is 14.1 Å². The molecule has 2 aromatic carbocycles. The number of ether oxygens (including phenoxy) is 1. The third-order valence-electron chi connectivity index (χ3n) is 3.97. The van der Waals surface area contributed by atoms with Crippen molar-refractivity contribution in [3.63, 3.8) is 0 Å². The van der Waals surface area contributed by atoms with Gasteiger partial charge in [-0.25, -0.2) is 0 Å². The molecule has 0 fully saturated rings. The Bertz CT molecular complexity index is 841. The lowest BCUT2D eigenvalue weighted by Gasteiger charge is -2.14. The maximum absolute atomic E-state index is 12.3. The van der Waals surface area contributed by atoms with Gasteiger partial charge in [0.25, 0.3) is 5.91 Å². The number of methoxy groups -OCH3 is 1. The molecule has 1 atom stereocenters. The van der Waals surface area contributed by atoms with Crippen molar-refractivity contribution in [2.75, 3.05) is 13.7 Å². The maximum atomic E-state index is 12.3. The lowest BCUT2D eigenvalue weighted by atomic mass is 10.1. The fourth-order valence-corrected chi connectivity index (χ4v) is 2.58. The first kappa shape index (κ1) is 16.2. The number of aromatic nitrogens is 1. The van der Waals surface area contributed by atoms with Crippen molar-refractivity contribution >= 4 is 16.7 Å². The Morgan fingerprint density at radius 2 is 2.00 bits per heavy atom. The molecule has 1 unspecified atom stereocenters. The highest BCUT2D eigenvalue weighted by Crippen LogP contribution is 2.25. The average molecular weight is 324 g/mol. The van der Waals surface area contributed by atoms with E-state index in [1.165, 1.54) is 0 Å². The summed E-state index contributed by atoms with van der Waals surface area (Å²) in [5, 5.41) is 9.06. The summed E-state index contributed by atoms with van der Waals surface area (Å²) in [4.78, 5) is 12.3. The van der Waals surface area contributed by atoms with Crippen LogP contribution in [0.2, 0.25) is 0 Å². The Morgan fingerprint density at radius 1 is 1.21 bits per heavy atom. The predicted octanol–water partition coefficient (Wildman–Crippen LogP) is 3.65. The van der Waals surface area contributed by atoms with Crippen molar-refractivity contribution in [1.29, 1.82) is 0 Å². The fourth-order valence-electron chi connectivity index (χ4n) is 2.58. The number of amides is 1. The van der Waals surface area contributed by atoms with Crippen LogP contribution in [0.1, 0.15) is 23.8 Å². The maximum Gasteiger partial charge on any atom is 0.273 e. The van der Waals surface area contributed by atoms with Gasteiger partial charge < -0.3 is 14.6 Å². The number of carbonyl (C=O) groups excluding carboxylic acids is 1. The van der Waals surface area contributed by atoms with E-state index in [4.69, 9.17) is 9.26 Å². The van der Waals surface area contributed by atoms with Crippen molar-refractivity contribution in [2.24, 2.45) is 0 Å². The lowest BCUT2D eigenvalue weighted by molar-refractivity contribution is 0.0886. The van der Waals surface area contributed by atoms with Crippen LogP contribution >= 0.6 is 0 Å². The molecule has 124 valence electrons. The zero-order chi connectivity index (χ0) is 16.9. The molecule has 1 N–H and O–H groups in total. The Hall–Kier alpha value is -2.66. The highest BCUT2D eigenvalue weighted by atomic mass is 16.5. The molecule has 1 amide bonds. The first-order chi connectivity index (χ1) is 11.7. The molecule has 0 spiro atoms. The second-order valence-electron chi connectivity index (χ2n) is 5.67. The van der Waals surface area contributed by atoms with Crippen LogP contribution in [0.3, 0.4) is 0 Å². The van der Waals surface area contributed by atoms with Gasteiger partial charge in [-0.1, -0.05) is 48.5 Å². The fraction of sp³-hybridized carbons (Fsp3) is 0.263. The number of nitrogens with one attached hydrogen (secondary N) is 1. The highest BCUT2D eigenvalue weighted by Gasteiger charge is 2.17. The molecular weight excluding hydrogens is 304 g/mol. The van der Waals surface area contributed by atoms with Crippen LogP contribution in [0.15, 0.2) is 53.1 Å². The molecular formula is C19H20N2O3. The van der Waals surface area contributed by atoms with Crippen molar-refractivity contribution in [3.8, 4) is 11.3 Å². The van der Waals surface area contributed by atoms with Gasteiger partial charge in [-0.3, -0.25) is 4.79 Å². The topological polar surface area (TPSA) is 64.4 Å². The SMILES string of the molecule is CCC(COC)NC(=O)c1cc(-c2ccc3ccccc3c2)on1. The number of hydrogen-bond acceptors (Lipinski definition) is 4. The number of carbonyl (C=O) groups is 1. The van der Waals surface area contributed by atoms with Gasteiger partial charge in [0.2, 0.25) is 0 Å². The molecule has 1 heterocycles. The molecule has 5 heteroatoms. The monoisotopic (exact) mass is 324 g/mol. The quantitative estimate of drug-likeness (QED) is 0.752. The smallest absolute Gasteiger partial charge is 0.273 e. The molecule has 0 saturated heterocycles. The van der Waals surface area contributed by atoms with Gasteiger partial charge in [0.15, 0.2) is 11.5 Å². The van der Waals surface area contributed by atoms with Gasteiger partial charge in [0, 0.05) is 18.7 Å². The summed E-state index contributed by atoms with van der Waals surface area (Å²) in [6.45, 7) is 2.46. The number of nitrogens with zero attached hydrogens (tertiary/aromatic N) is 1.